The fourth-order valence-electron chi connectivity index (χ4n) is 5.91. The summed E-state index contributed by atoms with van der Waals surface area (Å²) in [5, 5.41) is 14.3. The van der Waals surface area contributed by atoms with Crippen molar-refractivity contribution in [3.63, 3.8) is 0 Å². The Kier molecular flexibility index (Phi) is 5.15. The molecular weight excluding hydrogens is 479 g/mol. The number of fused-ring (bicyclic) bond motifs is 2. The smallest absolute Gasteiger partial charge is 0.413 e. The molecule has 11 heteroatoms. The molecule has 2 fully saturated rings. The number of ether oxygens (including phenoxy) is 1. The molecule has 4 N–H and O–H groups in total. The molecule has 10 nitrogen and oxygen atoms in total. The molecule has 6 rings (SSSR count). The minimum atomic E-state index is -1.11. The maximum atomic E-state index is 15.5. The number of halogens is 1. The third kappa shape index (κ3) is 3.59. The number of nitrogens with one attached hydrogen (secondary N) is 1. The van der Waals surface area contributed by atoms with E-state index in [1.165, 1.54) is 11.1 Å². The first kappa shape index (κ1) is 23.3. The molecule has 1 saturated carbocycles. The summed E-state index contributed by atoms with van der Waals surface area (Å²) in [6.07, 6.45) is 3.20. The van der Waals surface area contributed by atoms with Crippen molar-refractivity contribution in [2.45, 2.75) is 32.7 Å². The van der Waals surface area contributed by atoms with Gasteiger partial charge in [0.15, 0.2) is 5.82 Å². The van der Waals surface area contributed by atoms with Gasteiger partial charge >= 0.3 is 6.09 Å². The van der Waals surface area contributed by atoms with E-state index in [4.69, 9.17) is 10.5 Å². The lowest BCUT2D eigenvalue weighted by atomic mass is 9.60. The summed E-state index contributed by atoms with van der Waals surface area (Å²) in [7, 11) is 0. The van der Waals surface area contributed by atoms with Crippen LogP contribution in [0.4, 0.5) is 26.4 Å². The highest BCUT2D eigenvalue weighted by Gasteiger charge is 2.55. The first-order valence-electron chi connectivity index (χ1n) is 12.2. The summed E-state index contributed by atoms with van der Waals surface area (Å²) < 4.78 is 21.0. The lowest BCUT2D eigenvalue weighted by molar-refractivity contribution is -0.148. The molecule has 0 bridgehead atoms. The minimum Gasteiger partial charge on any atom is -0.474 e. The molecule has 1 aromatic carbocycles. The summed E-state index contributed by atoms with van der Waals surface area (Å²) >= 11 is 0. The third-order valence-corrected chi connectivity index (χ3v) is 7.87. The van der Waals surface area contributed by atoms with Gasteiger partial charge in [-0.2, -0.15) is 0 Å². The summed E-state index contributed by atoms with van der Waals surface area (Å²) in [5.41, 5.74) is 8.44. The quantitative estimate of drug-likeness (QED) is 0.459. The average Bonchev–Trinajstić information content (AvgIpc) is 2.82. The zero-order chi connectivity index (χ0) is 26.1. The molecule has 3 aromatic rings. The fourth-order valence-corrected chi connectivity index (χ4v) is 5.91. The van der Waals surface area contributed by atoms with Crippen molar-refractivity contribution in [2.75, 3.05) is 42.2 Å². The number of carbonyl (C=O) groups is 2. The van der Waals surface area contributed by atoms with Crippen LogP contribution in [-0.2, 0) is 4.79 Å². The van der Waals surface area contributed by atoms with Gasteiger partial charge in [0.2, 0.25) is 11.8 Å². The van der Waals surface area contributed by atoms with Crippen LogP contribution < -0.4 is 20.7 Å². The molecule has 1 aliphatic carbocycles. The predicted octanol–water partition coefficient (Wildman–Crippen LogP) is 3.63. The van der Waals surface area contributed by atoms with Crippen LogP contribution in [0.3, 0.4) is 0 Å². The van der Waals surface area contributed by atoms with Crippen LogP contribution in [0.15, 0.2) is 24.5 Å². The van der Waals surface area contributed by atoms with Crippen LogP contribution in [0.2, 0.25) is 0 Å². The Bertz CT molecular complexity index is 1460. The molecule has 1 spiro atoms. The van der Waals surface area contributed by atoms with Crippen molar-refractivity contribution in [1.82, 2.24) is 14.9 Å². The first-order chi connectivity index (χ1) is 17.7. The minimum absolute atomic E-state index is 0.0175. The molecule has 1 saturated heterocycles. The third-order valence-electron chi connectivity index (χ3n) is 7.87. The second kappa shape index (κ2) is 8.19. The van der Waals surface area contributed by atoms with Crippen LogP contribution in [0.1, 0.15) is 25.3 Å². The standard InChI is InChI=1S/C26H27FN6O4/c1-13-18(9-31-24-23(13)29-3-4-37-24)17-5-15-6-20(30-10-19(15)22(28)21(17)27)33(25(35)36)16-7-26(8-16)11-32(12-26)14(2)34/h5-6,9-10,16,29H,3-4,7-8,11-12,28H2,1-2H3,(H,35,36). The number of aromatic nitrogens is 2. The number of hydrogen-bond donors (Lipinski definition) is 3. The van der Waals surface area contributed by atoms with Gasteiger partial charge in [0.25, 0.3) is 0 Å². The van der Waals surface area contributed by atoms with Crippen LogP contribution in [0.5, 0.6) is 5.88 Å². The van der Waals surface area contributed by atoms with E-state index in [0.29, 0.717) is 67.0 Å². The largest absolute Gasteiger partial charge is 0.474 e. The van der Waals surface area contributed by atoms with Crippen molar-refractivity contribution in [2.24, 2.45) is 5.41 Å². The van der Waals surface area contributed by atoms with Gasteiger partial charge in [0.1, 0.15) is 18.1 Å². The molecule has 0 atom stereocenters. The number of pyridine rings is 2. The number of benzene rings is 1. The molecule has 37 heavy (non-hydrogen) atoms. The van der Waals surface area contributed by atoms with E-state index in [1.54, 1.807) is 30.2 Å². The van der Waals surface area contributed by atoms with Crippen LogP contribution >= 0.6 is 0 Å². The lowest BCUT2D eigenvalue weighted by Gasteiger charge is -2.60. The second-order valence-corrected chi connectivity index (χ2v) is 10.3. The fraction of sp³-hybridized carbons (Fsp3) is 0.385. The Morgan fingerprint density at radius 3 is 2.70 bits per heavy atom. The van der Waals surface area contributed by atoms with Crippen molar-refractivity contribution in [3.05, 3.63) is 35.9 Å². The number of nitrogens with two attached hydrogens (primary N) is 1. The highest BCUT2D eigenvalue weighted by molar-refractivity contribution is 6.00. The van der Waals surface area contributed by atoms with Gasteiger partial charge in [0, 0.05) is 66.9 Å². The molecule has 0 unspecified atom stereocenters. The van der Waals surface area contributed by atoms with E-state index < -0.39 is 11.9 Å². The number of likely N-dealkylation sites (tertiary alicyclic amines) is 1. The second-order valence-electron chi connectivity index (χ2n) is 10.3. The van der Waals surface area contributed by atoms with E-state index in [9.17, 15) is 14.7 Å². The Labute approximate surface area is 212 Å². The van der Waals surface area contributed by atoms with Crippen molar-refractivity contribution >= 4 is 40.0 Å². The van der Waals surface area contributed by atoms with E-state index in [0.717, 1.165) is 5.56 Å². The summed E-state index contributed by atoms with van der Waals surface area (Å²) in [5.74, 6) is 0.185. The molecule has 2 aliphatic heterocycles. The Hall–Kier alpha value is -4.15. The molecule has 2 aromatic heterocycles. The maximum absolute atomic E-state index is 15.5. The van der Waals surface area contributed by atoms with Crippen molar-refractivity contribution < 1.29 is 23.8 Å². The maximum Gasteiger partial charge on any atom is 0.413 e. The predicted molar refractivity (Wildman–Crippen MR) is 136 cm³/mol. The zero-order valence-electron chi connectivity index (χ0n) is 20.5. The Balaban J connectivity index is 1.36. The van der Waals surface area contributed by atoms with E-state index >= 15 is 4.39 Å². The van der Waals surface area contributed by atoms with Gasteiger partial charge in [-0.3, -0.25) is 9.69 Å². The topological polar surface area (TPSA) is 134 Å². The lowest BCUT2D eigenvalue weighted by Crippen LogP contribution is -2.67. The summed E-state index contributed by atoms with van der Waals surface area (Å²) in [6, 6.07) is 3.05. The normalized spacial score (nSPS) is 17.9. The first-order valence-corrected chi connectivity index (χ1v) is 12.2. The molecule has 4 heterocycles. The van der Waals surface area contributed by atoms with Crippen molar-refractivity contribution in [1.29, 1.82) is 0 Å². The van der Waals surface area contributed by atoms with Gasteiger partial charge < -0.3 is 25.8 Å². The summed E-state index contributed by atoms with van der Waals surface area (Å²) in [4.78, 5) is 35.5. The molecule has 0 radical (unpaired) electrons. The molecular formula is C26H27FN6O4. The average molecular weight is 507 g/mol. The molecule has 3 aliphatic rings. The van der Waals surface area contributed by atoms with E-state index in [-0.39, 0.29) is 34.4 Å². The van der Waals surface area contributed by atoms with E-state index in [1.807, 2.05) is 6.92 Å². The number of rotatable bonds is 3. The van der Waals surface area contributed by atoms with Crippen molar-refractivity contribution in [3.8, 4) is 17.0 Å². The Morgan fingerprint density at radius 2 is 2.00 bits per heavy atom. The number of carbonyl (C=O) groups excluding carboxylic acids is 1. The van der Waals surface area contributed by atoms with Gasteiger partial charge in [-0.15, -0.1) is 0 Å². The zero-order valence-corrected chi connectivity index (χ0v) is 20.5. The van der Waals surface area contributed by atoms with Gasteiger partial charge in [-0.25, -0.2) is 19.2 Å². The number of anilines is 3. The highest BCUT2D eigenvalue weighted by Crippen LogP contribution is 2.51. The number of nitrogens with zero attached hydrogens (tertiary/aromatic N) is 4. The number of nitrogen functional groups attached to an aromatic ring is 1. The van der Waals surface area contributed by atoms with E-state index in [2.05, 4.69) is 15.3 Å². The number of hydrogen-bond acceptors (Lipinski definition) is 7. The Morgan fingerprint density at radius 1 is 1.24 bits per heavy atom. The number of amides is 2. The highest BCUT2D eigenvalue weighted by atomic mass is 19.1. The van der Waals surface area contributed by atoms with Crippen LogP contribution in [0.25, 0.3) is 21.9 Å². The van der Waals surface area contributed by atoms with Gasteiger partial charge in [-0.05, 0) is 42.8 Å². The molecule has 192 valence electrons. The summed E-state index contributed by atoms with van der Waals surface area (Å²) in [6.45, 7) is 5.84. The van der Waals surface area contributed by atoms with Crippen LogP contribution in [-0.4, -0.2) is 64.3 Å². The van der Waals surface area contributed by atoms with Gasteiger partial charge in [-0.1, -0.05) is 0 Å². The van der Waals surface area contributed by atoms with Crippen LogP contribution in [0, 0.1) is 18.2 Å². The van der Waals surface area contributed by atoms with Gasteiger partial charge in [0.05, 0.1) is 5.69 Å². The number of carboxylic acid groups (broad SMARTS) is 1. The molecule has 2 amide bonds. The monoisotopic (exact) mass is 506 g/mol. The SMILES string of the molecule is CC(=O)N1CC2(CC(N(C(=O)O)c3cc4cc(-c5cnc6c(c5C)NCCO6)c(F)c(N)c4cn3)C2)C1.